The van der Waals surface area contributed by atoms with Crippen molar-refractivity contribution in [1.29, 1.82) is 0 Å². The van der Waals surface area contributed by atoms with Gasteiger partial charge in [-0.1, -0.05) is 6.92 Å². The molecule has 1 aliphatic heterocycles. The maximum absolute atomic E-state index is 9.35. The molecule has 1 aliphatic rings. The van der Waals surface area contributed by atoms with Crippen LogP contribution in [-0.2, 0) is 0 Å². The van der Waals surface area contributed by atoms with Gasteiger partial charge in [0.25, 0.3) is 0 Å². The van der Waals surface area contributed by atoms with Crippen LogP contribution in [0.2, 0.25) is 0 Å². The molecule has 3 heteroatoms. The normalized spacial score (nSPS) is 25.4. The lowest BCUT2D eigenvalue weighted by Gasteiger charge is -2.28. The Labute approximate surface area is 81.1 Å². The van der Waals surface area contributed by atoms with Crippen molar-refractivity contribution >= 4 is 0 Å². The lowest BCUT2D eigenvalue weighted by molar-refractivity contribution is 0.103. The zero-order valence-electron chi connectivity index (χ0n) is 8.79. The maximum atomic E-state index is 9.35. The van der Waals surface area contributed by atoms with Crippen LogP contribution in [0, 0.1) is 0 Å². The summed E-state index contributed by atoms with van der Waals surface area (Å²) in [6.07, 6.45) is 2.20. The van der Waals surface area contributed by atoms with E-state index in [1.807, 2.05) is 6.92 Å². The summed E-state index contributed by atoms with van der Waals surface area (Å²) in [5.41, 5.74) is 0. The fraction of sp³-hybridized carbons (Fsp3) is 1.00. The van der Waals surface area contributed by atoms with E-state index >= 15 is 0 Å². The molecule has 1 heterocycles. The van der Waals surface area contributed by atoms with E-state index < -0.39 is 0 Å². The van der Waals surface area contributed by atoms with Gasteiger partial charge >= 0.3 is 0 Å². The highest BCUT2D eigenvalue weighted by molar-refractivity contribution is 4.81. The molecule has 2 unspecified atom stereocenters. The van der Waals surface area contributed by atoms with Crippen LogP contribution in [0.3, 0.4) is 0 Å². The van der Waals surface area contributed by atoms with Gasteiger partial charge in [-0.2, -0.15) is 0 Å². The molecule has 0 aromatic carbocycles. The molecule has 2 atom stereocenters. The molecule has 0 saturated carbocycles. The molecular formula is C10H22N2O. The molecule has 13 heavy (non-hydrogen) atoms. The van der Waals surface area contributed by atoms with Gasteiger partial charge in [0.2, 0.25) is 0 Å². The van der Waals surface area contributed by atoms with Crippen molar-refractivity contribution in [3.8, 4) is 0 Å². The summed E-state index contributed by atoms with van der Waals surface area (Å²) in [6, 6.07) is 0.648. The van der Waals surface area contributed by atoms with E-state index in [1.165, 1.54) is 12.8 Å². The highest BCUT2D eigenvalue weighted by Crippen LogP contribution is 2.09. The molecule has 1 fully saturated rings. The minimum atomic E-state index is -0.202. The summed E-state index contributed by atoms with van der Waals surface area (Å²) in [6.45, 7) is 8.21. The van der Waals surface area contributed by atoms with Crippen LogP contribution >= 0.6 is 0 Å². The van der Waals surface area contributed by atoms with E-state index in [1.54, 1.807) is 0 Å². The number of nitrogens with zero attached hydrogens (tertiary/aromatic N) is 1. The van der Waals surface area contributed by atoms with Gasteiger partial charge in [-0.15, -0.1) is 0 Å². The highest BCUT2D eigenvalue weighted by atomic mass is 16.3. The van der Waals surface area contributed by atoms with Gasteiger partial charge in [-0.25, -0.2) is 0 Å². The van der Waals surface area contributed by atoms with Crippen LogP contribution in [0.15, 0.2) is 0 Å². The number of rotatable bonds is 5. The third-order valence-electron chi connectivity index (χ3n) is 2.56. The maximum Gasteiger partial charge on any atom is 0.0639 e. The third-order valence-corrected chi connectivity index (χ3v) is 2.56. The summed E-state index contributed by atoms with van der Waals surface area (Å²) < 4.78 is 0. The Morgan fingerprint density at radius 2 is 2.38 bits per heavy atom. The van der Waals surface area contributed by atoms with Crippen LogP contribution in [0.5, 0.6) is 0 Å². The Morgan fingerprint density at radius 1 is 1.62 bits per heavy atom. The zero-order chi connectivity index (χ0) is 9.68. The SMILES string of the molecule is CCCN(CC(C)O)C1CCNC1. The number of hydrogen-bond acceptors (Lipinski definition) is 3. The van der Waals surface area contributed by atoms with Crippen molar-refractivity contribution in [3.63, 3.8) is 0 Å². The second-order valence-electron chi connectivity index (χ2n) is 3.99. The number of nitrogens with one attached hydrogen (secondary N) is 1. The van der Waals surface area contributed by atoms with E-state index in [9.17, 15) is 5.11 Å². The predicted molar refractivity (Wildman–Crippen MR) is 54.8 cm³/mol. The van der Waals surface area contributed by atoms with Gasteiger partial charge < -0.3 is 10.4 Å². The Kier molecular flexibility index (Phi) is 4.70. The fourth-order valence-corrected chi connectivity index (χ4v) is 2.00. The minimum Gasteiger partial charge on any atom is -0.392 e. The topological polar surface area (TPSA) is 35.5 Å². The van der Waals surface area contributed by atoms with Crippen molar-refractivity contribution in [3.05, 3.63) is 0 Å². The Hall–Kier alpha value is -0.120. The molecule has 2 N–H and O–H groups in total. The standard InChI is InChI=1S/C10H22N2O/c1-3-6-12(8-9(2)13)10-4-5-11-7-10/h9-11,13H,3-8H2,1-2H3. The first kappa shape index (κ1) is 11.0. The number of aliphatic hydroxyl groups is 1. The van der Waals surface area contributed by atoms with Gasteiger partial charge in [0.1, 0.15) is 0 Å². The molecule has 0 spiro atoms. The quantitative estimate of drug-likeness (QED) is 0.654. The van der Waals surface area contributed by atoms with E-state index in [4.69, 9.17) is 0 Å². The second kappa shape index (κ2) is 5.58. The van der Waals surface area contributed by atoms with E-state index in [0.717, 1.165) is 26.2 Å². The third kappa shape index (κ3) is 3.63. The van der Waals surface area contributed by atoms with E-state index in [0.29, 0.717) is 6.04 Å². The van der Waals surface area contributed by atoms with Crippen LogP contribution in [0.4, 0.5) is 0 Å². The van der Waals surface area contributed by atoms with Crippen LogP contribution < -0.4 is 5.32 Å². The molecule has 0 aromatic heterocycles. The Balaban J connectivity index is 2.35. The summed E-state index contributed by atoms with van der Waals surface area (Å²) in [7, 11) is 0. The van der Waals surface area contributed by atoms with Crippen LogP contribution in [0.1, 0.15) is 26.7 Å². The molecular weight excluding hydrogens is 164 g/mol. The summed E-state index contributed by atoms with van der Waals surface area (Å²) in [5.74, 6) is 0. The van der Waals surface area contributed by atoms with Crippen LogP contribution in [-0.4, -0.2) is 48.3 Å². The molecule has 1 rings (SSSR count). The van der Waals surface area contributed by atoms with E-state index in [2.05, 4.69) is 17.1 Å². The highest BCUT2D eigenvalue weighted by Gasteiger charge is 2.22. The first-order chi connectivity index (χ1) is 6.24. The average Bonchev–Trinajstić information content (AvgIpc) is 2.54. The molecule has 78 valence electrons. The van der Waals surface area contributed by atoms with Gasteiger partial charge in [0.05, 0.1) is 6.10 Å². The Bertz CT molecular complexity index is 133. The Morgan fingerprint density at radius 3 is 2.85 bits per heavy atom. The summed E-state index contributed by atoms with van der Waals surface area (Å²) >= 11 is 0. The van der Waals surface area contributed by atoms with Crippen molar-refractivity contribution in [2.75, 3.05) is 26.2 Å². The smallest absolute Gasteiger partial charge is 0.0639 e. The molecule has 0 aromatic rings. The molecule has 3 nitrogen and oxygen atoms in total. The number of aliphatic hydroxyl groups excluding tert-OH is 1. The fourth-order valence-electron chi connectivity index (χ4n) is 2.00. The molecule has 0 amide bonds. The average molecular weight is 186 g/mol. The lowest BCUT2D eigenvalue weighted by Crippen LogP contribution is -2.41. The van der Waals surface area contributed by atoms with Crippen molar-refractivity contribution in [2.45, 2.75) is 38.8 Å². The van der Waals surface area contributed by atoms with Gasteiger partial charge in [-0.05, 0) is 32.9 Å². The largest absolute Gasteiger partial charge is 0.392 e. The predicted octanol–water partition coefficient (Wildman–Crippen LogP) is 0.441. The summed E-state index contributed by atoms with van der Waals surface area (Å²) in [4.78, 5) is 2.41. The lowest BCUT2D eigenvalue weighted by atomic mass is 10.2. The van der Waals surface area contributed by atoms with Crippen molar-refractivity contribution < 1.29 is 5.11 Å². The van der Waals surface area contributed by atoms with Gasteiger partial charge in [0, 0.05) is 19.1 Å². The number of hydrogen-bond donors (Lipinski definition) is 2. The molecule has 0 radical (unpaired) electrons. The van der Waals surface area contributed by atoms with Gasteiger partial charge in [0.15, 0.2) is 0 Å². The molecule has 0 aliphatic carbocycles. The monoisotopic (exact) mass is 186 g/mol. The molecule has 0 bridgehead atoms. The second-order valence-corrected chi connectivity index (χ2v) is 3.99. The minimum absolute atomic E-state index is 0.202. The van der Waals surface area contributed by atoms with E-state index in [-0.39, 0.29) is 6.10 Å². The zero-order valence-corrected chi connectivity index (χ0v) is 8.79. The van der Waals surface area contributed by atoms with Crippen molar-refractivity contribution in [1.82, 2.24) is 10.2 Å². The first-order valence-corrected chi connectivity index (χ1v) is 5.37. The molecule has 1 saturated heterocycles. The first-order valence-electron chi connectivity index (χ1n) is 5.37. The van der Waals surface area contributed by atoms with Crippen LogP contribution in [0.25, 0.3) is 0 Å². The van der Waals surface area contributed by atoms with Gasteiger partial charge in [-0.3, -0.25) is 4.90 Å². The van der Waals surface area contributed by atoms with Crippen molar-refractivity contribution in [2.24, 2.45) is 0 Å². The summed E-state index contributed by atoms with van der Waals surface area (Å²) in [5, 5.41) is 12.7.